The van der Waals surface area contributed by atoms with Crippen molar-refractivity contribution in [2.75, 3.05) is 12.4 Å². The molecule has 0 aromatic heterocycles. The van der Waals surface area contributed by atoms with Gasteiger partial charge in [0.15, 0.2) is 0 Å². The highest BCUT2D eigenvalue weighted by atomic mass is 79.9. The number of carbonyl (C=O) groups is 1. The number of thiol groups is 1. The van der Waals surface area contributed by atoms with Crippen LogP contribution in [-0.4, -0.2) is 13.0 Å². The van der Waals surface area contributed by atoms with Crippen LogP contribution in [0.15, 0.2) is 50.2 Å². The second-order valence-corrected chi connectivity index (χ2v) is 6.13. The Morgan fingerprint density at radius 1 is 1.20 bits per heavy atom. The minimum atomic E-state index is -0.222. The molecular formula is C14H11Br2NO2S. The molecule has 2 aromatic carbocycles. The average molecular weight is 417 g/mol. The van der Waals surface area contributed by atoms with Gasteiger partial charge in [-0.2, -0.15) is 0 Å². The summed E-state index contributed by atoms with van der Waals surface area (Å²) in [5.41, 5.74) is 1.15. The Balaban J connectivity index is 2.31. The molecule has 0 saturated carbocycles. The third kappa shape index (κ3) is 3.37. The summed E-state index contributed by atoms with van der Waals surface area (Å²) in [4.78, 5) is 12.9. The van der Waals surface area contributed by atoms with E-state index in [-0.39, 0.29) is 5.91 Å². The Morgan fingerprint density at radius 3 is 2.55 bits per heavy atom. The van der Waals surface area contributed by atoms with Crippen LogP contribution < -0.4 is 10.1 Å². The molecule has 2 rings (SSSR count). The van der Waals surface area contributed by atoms with E-state index in [1.807, 2.05) is 12.1 Å². The molecule has 0 spiro atoms. The smallest absolute Gasteiger partial charge is 0.256 e. The minimum absolute atomic E-state index is 0.222. The third-order valence-electron chi connectivity index (χ3n) is 2.64. The molecule has 6 heteroatoms. The van der Waals surface area contributed by atoms with Crippen LogP contribution in [0, 0.1) is 0 Å². The molecule has 0 aliphatic heterocycles. The lowest BCUT2D eigenvalue weighted by Gasteiger charge is -2.11. The maximum atomic E-state index is 12.2. The standard InChI is InChI=1S/C14H11Br2NO2S/c1-19-12-7-11(9(15)6-10(12)16)17-14(18)8-4-2-3-5-13(8)20/h2-7,20H,1H3,(H,17,18). The fourth-order valence-corrected chi connectivity index (χ4v) is 3.15. The Hall–Kier alpha value is -0.980. The third-order valence-corrected chi connectivity index (χ3v) is 4.30. The van der Waals surface area contributed by atoms with Gasteiger partial charge in [-0.1, -0.05) is 12.1 Å². The van der Waals surface area contributed by atoms with Crippen LogP contribution in [0.25, 0.3) is 0 Å². The average Bonchev–Trinajstić information content (AvgIpc) is 2.42. The van der Waals surface area contributed by atoms with Crippen molar-refractivity contribution in [3.8, 4) is 5.75 Å². The van der Waals surface area contributed by atoms with Crippen LogP contribution >= 0.6 is 44.5 Å². The second-order valence-electron chi connectivity index (χ2n) is 3.94. The molecule has 20 heavy (non-hydrogen) atoms. The number of amides is 1. The van der Waals surface area contributed by atoms with E-state index in [1.165, 1.54) is 0 Å². The zero-order chi connectivity index (χ0) is 14.7. The number of hydrogen-bond donors (Lipinski definition) is 2. The molecule has 3 nitrogen and oxygen atoms in total. The Morgan fingerprint density at radius 2 is 1.90 bits per heavy atom. The van der Waals surface area contributed by atoms with Gasteiger partial charge in [-0.3, -0.25) is 4.79 Å². The molecule has 1 N–H and O–H groups in total. The van der Waals surface area contributed by atoms with Gasteiger partial charge in [0.2, 0.25) is 0 Å². The van der Waals surface area contributed by atoms with Crippen molar-refractivity contribution in [2.45, 2.75) is 4.90 Å². The summed E-state index contributed by atoms with van der Waals surface area (Å²) in [7, 11) is 1.57. The molecule has 2 aromatic rings. The highest BCUT2D eigenvalue weighted by Crippen LogP contribution is 2.34. The number of rotatable bonds is 3. The molecule has 0 aliphatic rings. The minimum Gasteiger partial charge on any atom is -0.495 e. The maximum absolute atomic E-state index is 12.2. The topological polar surface area (TPSA) is 38.3 Å². The van der Waals surface area contributed by atoms with Gasteiger partial charge in [-0.15, -0.1) is 12.6 Å². The number of methoxy groups -OCH3 is 1. The first-order valence-corrected chi connectivity index (χ1v) is 7.68. The zero-order valence-electron chi connectivity index (χ0n) is 10.5. The second kappa shape index (κ2) is 6.65. The van der Waals surface area contributed by atoms with Crippen LogP contribution in [-0.2, 0) is 0 Å². The van der Waals surface area contributed by atoms with Gasteiger partial charge in [0.1, 0.15) is 5.75 Å². The zero-order valence-corrected chi connectivity index (χ0v) is 14.6. The molecule has 0 unspecified atom stereocenters. The van der Waals surface area contributed by atoms with E-state index in [2.05, 4.69) is 49.8 Å². The van der Waals surface area contributed by atoms with Gasteiger partial charge in [0.25, 0.3) is 5.91 Å². The lowest BCUT2D eigenvalue weighted by Crippen LogP contribution is -2.13. The van der Waals surface area contributed by atoms with Crippen LogP contribution in [0.2, 0.25) is 0 Å². The van der Waals surface area contributed by atoms with Crippen LogP contribution in [0.4, 0.5) is 5.69 Å². The van der Waals surface area contributed by atoms with Crippen LogP contribution in [0.3, 0.4) is 0 Å². The fourth-order valence-electron chi connectivity index (χ4n) is 1.64. The monoisotopic (exact) mass is 415 g/mol. The van der Waals surface area contributed by atoms with Gasteiger partial charge in [0.05, 0.1) is 22.8 Å². The van der Waals surface area contributed by atoms with Crippen molar-refractivity contribution >= 4 is 56.1 Å². The lowest BCUT2D eigenvalue weighted by atomic mass is 10.2. The van der Waals surface area contributed by atoms with Crippen molar-refractivity contribution in [2.24, 2.45) is 0 Å². The largest absolute Gasteiger partial charge is 0.495 e. The molecule has 104 valence electrons. The molecular weight excluding hydrogens is 406 g/mol. The number of ether oxygens (including phenoxy) is 1. The predicted molar refractivity (Wildman–Crippen MR) is 90.0 cm³/mol. The number of carbonyl (C=O) groups excluding carboxylic acids is 1. The van der Waals surface area contributed by atoms with E-state index < -0.39 is 0 Å². The maximum Gasteiger partial charge on any atom is 0.256 e. The number of halogens is 2. The molecule has 0 radical (unpaired) electrons. The first-order valence-electron chi connectivity index (χ1n) is 5.65. The lowest BCUT2D eigenvalue weighted by molar-refractivity contribution is 0.102. The number of benzene rings is 2. The molecule has 0 bridgehead atoms. The van der Waals surface area contributed by atoms with E-state index in [1.54, 1.807) is 31.4 Å². The number of nitrogens with one attached hydrogen (secondary N) is 1. The van der Waals surface area contributed by atoms with Gasteiger partial charge in [-0.05, 0) is 50.1 Å². The van der Waals surface area contributed by atoms with Gasteiger partial charge >= 0.3 is 0 Å². The highest BCUT2D eigenvalue weighted by Gasteiger charge is 2.13. The summed E-state index contributed by atoms with van der Waals surface area (Å²) < 4.78 is 6.78. The van der Waals surface area contributed by atoms with E-state index in [0.717, 1.165) is 8.95 Å². The summed E-state index contributed by atoms with van der Waals surface area (Å²) in [5, 5.41) is 2.83. The molecule has 0 atom stereocenters. The molecule has 0 fully saturated rings. The van der Waals surface area contributed by atoms with E-state index in [9.17, 15) is 4.79 Å². The first kappa shape index (κ1) is 15.4. The van der Waals surface area contributed by atoms with E-state index in [4.69, 9.17) is 4.74 Å². The normalized spacial score (nSPS) is 10.2. The predicted octanol–water partition coefficient (Wildman–Crippen LogP) is 4.76. The SMILES string of the molecule is COc1cc(NC(=O)c2ccccc2S)c(Br)cc1Br. The van der Waals surface area contributed by atoms with Crippen molar-refractivity contribution < 1.29 is 9.53 Å². The van der Waals surface area contributed by atoms with Crippen LogP contribution in [0.5, 0.6) is 5.75 Å². The number of anilines is 1. The quantitative estimate of drug-likeness (QED) is 0.707. The Bertz CT molecular complexity index is 662. The molecule has 0 heterocycles. The summed E-state index contributed by atoms with van der Waals surface area (Å²) >= 11 is 11.1. The van der Waals surface area contributed by atoms with Crippen molar-refractivity contribution in [1.29, 1.82) is 0 Å². The van der Waals surface area contributed by atoms with Crippen LogP contribution in [0.1, 0.15) is 10.4 Å². The highest BCUT2D eigenvalue weighted by molar-refractivity contribution is 9.11. The van der Waals surface area contributed by atoms with Crippen molar-refractivity contribution in [3.05, 3.63) is 50.9 Å². The number of hydrogen-bond acceptors (Lipinski definition) is 3. The van der Waals surface area contributed by atoms with Gasteiger partial charge in [-0.25, -0.2) is 0 Å². The van der Waals surface area contributed by atoms with Gasteiger partial charge in [0, 0.05) is 15.4 Å². The van der Waals surface area contributed by atoms with E-state index in [0.29, 0.717) is 21.9 Å². The molecule has 1 amide bonds. The summed E-state index contributed by atoms with van der Waals surface area (Å²) in [5.74, 6) is 0.420. The Labute approximate surface area is 139 Å². The van der Waals surface area contributed by atoms with Crippen molar-refractivity contribution in [1.82, 2.24) is 0 Å². The van der Waals surface area contributed by atoms with E-state index >= 15 is 0 Å². The van der Waals surface area contributed by atoms with Gasteiger partial charge < -0.3 is 10.1 Å². The molecule has 0 saturated heterocycles. The summed E-state index contributed by atoms with van der Waals surface area (Å²) in [6.45, 7) is 0. The first-order chi connectivity index (χ1) is 9.52. The summed E-state index contributed by atoms with van der Waals surface area (Å²) in [6.07, 6.45) is 0. The van der Waals surface area contributed by atoms with Crippen molar-refractivity contribution in [3.63, 3.8) is 0 Å². The summed E-state index contributed by atoms with van der Waals surface area (Å²) in [6, 6.07) is 10.7. The fraction of sp³-hybridized carbons (Fsp3) is 0.0714. The molecule has 0 aliphatic carbocycles. The Kier molecular flexibility index (Phi) is 5.12.